The fourth-order valence-corrected chi connectivity index (χ4v) is 3.31. The van der Waals surface area contributed by atoms with Crippen LogP contribution in [-0.2, 0) is 0 Å². The van der Waals surface area contributed by atoms with Crippen molar-refractivity contribution in [2.24, 2.45) is 0 Å². The SMILES string of the molecule is CCNC(C)CCN1CCSC(CC)C1. The van der Waals surface area contributed by atoms with Gasteiger partial charge in [0.15, 0.2) is 0 Å². The number of hydrogen-bond donors (Lipinski definition) is 1. The lowest BCUT2D eigenvalue weighted by molar-refractivity contribution is 0.266. The summed E-state index contributed by atoms with van der Waals surface area (Å²) in [4.78, 5) is 2.64. The molecule has 0 amide bonds. The lowest BCUT2D eigenvalue weighted by Gasteiger charge is -2.32. The van der Waals surface area contributed by atoms with Crippen LogP contribution in [0.2, 0.25) is 0 Å². The minimum Gasteiger partial charge on any atom is -0.314 e. The van der Waals surface area contributed by atoms with E-state index in [1.54, 1.807) is 0 Å². The van der Waals surface area contributed by atoms with E-state index in [0.29, 0.717) is 6.04 Å². The summed E-state index contributed by atoms with van der Waals surface area (Å²) in [5, 5.41) is 4.36. The highest BCUT2D eigenvalue weighted by molar-refractivity contribution is 8.00. The van der Waals surface area contributed by atoms with Gasteiger partial charge in [-0.2, -0.15) is 11.8 Å². The maximum absolute atomic E-state index is 3.48. The third-order valence-electron chi connectivity index (χ3n) is 3.11. The lowest BCUT2D eigenvalue weighted by atomic mass is 10.2. The molecule has 1 saturated heterocycles. The molecule has 0 saturated carbocycles. The normalized spacial score (nSPS) is 25.4. The smallest absolute Gasteiger partial charge is 0.0172 e. The predicted octanol–water partition coefficient (Wildman–Crippen LogP) is 2.20. The third-order valence-corrected chi connectivity index (χ3v) is 4.48. The molecule has 2 unspecified atom stereocenters. The van der Waals surface area contributed by atoms with Crippen LogP contribution in [0.1, 0.15) is 33.6 Å². The Kier molecular flexibility index (Phi) is 6.69. The van der Waals surface area contributed by atoms with Crippen LogP contribution >= 0.6 is 11.8 Å². The molecular weight excluding hydrogens is 204 g/mol. The first-order valence-corrected chi connectivity index (χ1v) is 7.38. The minimum absolute atomic E-state index is 0.671. The van der Waals surface area contributed by atoms with Crippen molar-refractivity contribution in [1.29, 1.82) is 0 Å². The molecular formula is C12H26N2S. The van der Waals surface area contributed by atoms with Gasteiger partial charge >= 0.3 is 0 Å². The molecule has 90 valence electrons. The monoisotopic (exact) mass is 230 g/mol. The van der Waals surface area contributed by atoms with Gasteiger partial charge in [0.2, 0.25) is 0 Å². The number of thioether (sulfide) groups is 1. The van der Waals surface area contributed by atoms with Crippen LogP contribution < -0.4 is 5.32 Å². The van der Waals surface area contributed by atoms with E-state index in [1.165, 1.54) is 38.2 Å². The summed E-state index contributed by atoms with van der Waals surface area (Å²) in [5.41, 5.74) is 0. The molecule has 0 bridgehead atoms. The zero-order valence-electron chi connectivity index (χ0n) is 10.5. The third kappa shape index (κ3) is 5.23. The summed E-state index contributed by atoms with van der Waals surface area (Å²) >= 11 is 2.15. The fraction of sp³-hybridized carbons (Fsp3) is 1.00. The van der Waals surface area contributed by atoms with Crippen LogP contribution in [0.3, 0.4) is 0 Å². The Hall–Kier alpha value is 0.270. The number of hydrogen-bond acceptors (Lipinski definition) is 3. The molecule has 1 fully saturated rings. The van der Waals surface area contributed by atoms with Crippen molar-refractivity contribution in [1.82, 2.24) is 10.2 Å². The second-order valence-electron chi connectivity index (χ2n) is 4.45. The minimum atomic E-state index is 0.671. The largest absolute Gasteiger partial charge is 0.314 e. The molecule has 15 heavy (non-hydrogen) atoms. The Morgan fingerprint density at radius 3 is 2.93 bits per heavy atom. The maximum Gasteiger partial charge on any atom is 0.0172 e. The van der Waals surface area contributed by atoms with Gasteiger partial charge in [-0.15, -0.1) is 0 Å². The summed E-state index contributed by atoms with van der Waals surface area (Å²) in [6.45, 7) is 11.7. The first-order valence-electron chi connectivity index (χ1n) is 6.33. The highest BCUT2D eigenvalue weighted by atomic mass is 32.2. The van der Waals surface area contributed by atoms with Crippen molar-refractivity contribution in [3.63, 3.8) is 0 Å². The first kappa shape index (κ1) is 13.3. The van der Waals surface area contributed by atoms with Gasteiger partial charge in [0.25, 0.3) is 0 Å². The van der Waals surface area contributed by atoms with Crippen molar-refractivity contribution >= 4 is 11.8 Å². The molecule has 1 heterocycles. The van der Waals surface area contributed by atoms with Gasteiger partial charge in [0.05, 0.1) is 0 Å². The average Bonchev–Trinajstić information content (AvgIpc) is 2.27. The van der Waals surface area contributed by atoms with E-state index < -0.39 is 0 Å². The second kappa shape index (κ2) is 7.53. The van der Waals surface area contributed by atoms with Gasteiger partial charge in [0, 0.05) is 30.1 Å². The van der Waals surface area contributed by atoms with Crippen LogP contribution in [0.5, 0.6) is 0 Å². The topological polar surface area (TPSA) is 15.3 Å². The van der Waals surface area contributed by atoms with E-state index in [9.17, 15) is 0 Å². The Bertz CT molecular complexity index is 164. The Morgan fingerprint density at radius 2 is 2.27 bits per heavy atom. The quantitative estimate of drug-likeness (QED) is 0.753. The molecule has 3 heteroatoms. The van der Waals surface area contributed by atoms with Crippen molar-refractivity contribution < 1.29 is 0 Å². The highest BCUT2D eigenvalue weighted by Crippen LogP contribution is 2.21. The zero-order valence-corrected chi connectivity index (χ0v) is 11.3. The molecule has 2 atom stereocenters. The summed E-state index contributed by atoms with van der Waals surface area (Å²) in [6, 6.07) is 0.671. The fourth-order valence-electron chi connectivity index (χ4n) is 2.06. The van der Waals surface area contributed by atoms with E-state index in [2.05, 4.69) is 42.7 Å². The molecule has 1 aliphatic heterocycles. The average molecular weight is 230 g/mol. The van der Waals surface area contributed by atoms with Crippen molar-refractivity contribution in [3.8, 4) is 0 Å². The summed E-state index contributed by atoms with van der Waals surface area (Å²) in [5.74, 6) is 1.33. The van der Waals surface area contributed by atoms with Crippen molar-refractivity contribution in [2.45, 2.75) is 44.9 Å². The van der Waals surface area contributed by atoms with E-state index in [4.69, 9.17) is 0 Å². The van der Waals surface area contributed by atoms with Crippen LogP contribution in [0.4, 0.5) is 0 Å². The van der Waals surface area contributed by atoms with Crippen LogP contribution in [0.25, 0.3) is 0 Å². The van der Waals surface area contributed by atoms with E-state index in [-0.39, 0.29) is 0 Å². The molecule has 0 aromatic heterocycles. The van der Waals surface area contributed by atoms with Gasteiger partial charge in [-0.3, -0.25) is 0 Å². The Morgan fingerprint density at radius 1 is 1.47 bits per heavy atom. The Balaban J connectivity index is 2.14. The molecule has 0 aromatic carbocycles. The van der Waals surface area contributed by atoms with Gasteiger partial charge in [0.1, 0.15) is 0 Å². The maximum atomic E-state index is 3.48. The molecule has 0 aliphatic carbocycles. The predicted molar refractivity (Wildman–Crippen MR) is 70.7 cm³/mol. The highest BCUT2D eigenvalue weighted by Gasteiger charge is 2.18. The molecule has 0 aromatic rings. The molecule has 1 N–H and O–H groups in total. The van der Waals surface area contributed by atoms with E-state index >= 15 is 0 Å². The van der Waals surface area contributed by atoms with E-state index in [0.717, 1.165) is 11.8 Å². The number of nitrogens with one attached hydrogen (secondary N) is 1. The van der Waals surface area contributed by atoms with Crippen LogP contribution in [-0.4, -0.2) is 48.1 Å². The van der Waals surface area contributed by atoms with Gasteiger partial charge in [-0.05, 0) is 32.9 Å². The van der Waals surface area contributed by atoms with E-state index in [1.807, 2.05) is 0 Å². The molecule has 0 spiro atoms. The molecule has 1 aliphatic rings. The van der Waals surface area contributed by atoms with Gasteiger partial charge in [-0.1, -0.05) is 13.8 Å². The second-order valence-corrected chi connectivity index (χ2v) is 5.86. The Labute approximate surface area is 99.2 Å². The van der Waals surface area contributed by atoms with Crippen molar-refractivity contribution in [3.05, 3.63) is 0 Å². The lowest BCUT2D eigenvalue weighted by Crippen LogP contribution is -2.40. The van der Waals surface area contributed by atoms with Gasteiger partial charge < -0.3 is 10.2 Å². The molecule has 2 nitrogen and oxygen atoms in total. The first-order chi connectivity index (χ1) is 7.26. The molecule has 0 radical (unpaired) electrons. The van der Waals surface area contributed by atoms with Crippen LogP contribution in [0.15, 0.2) is 0 Å². The summed E-state index contributed by atoms with van der Waals surface area (Å²) < 4.78 is 0. The summed E-state index contributed by atoms with van der Waals surface area (Å²) in [7, 11) is 0. The number of rotatable bonds is 6. The number of nitrogens with zero attached hydrogens (tertiary/aromatic N) is 1. The zero-order chi connectivity index (χ0) is 11.1. The van der Waals surface area contributed by atoms with Crippen LogP contribution in [0, 0.1) is 0 Å². The van der Waals surface area contributed by atoms with Crippen molar-refractivity contribution in [2.75, 3.05) is 31.9 Å². The van der Waals surface area contributed by atoms with Gasteiger partial charge in [-0.25, -0.2) is 0 Å². The summed E-state index contributed by atoms with van der Waals surface area (Å²) in [6.07, 6.45) is 2.61. The molecule has 1 rings (SSSR count). The standard InChI is InChI=1S/C12H26N2S/c1-4-12-10-14(8-9-15-12)7-6-11(3)13-5-2/h11-13H,4-10H2,1-3H3.